The minimum Gasteiger partial charge on any atom is -0.377 e. The van der Waals surface area contributed by atoms with E-state index in [2.05, 4.69) is 10.5 Å². The van der Waals surface area contributed by atoms with Crippen LogP contribution in [0.4, 0.5) is 5.69 Å². The Morgan fingerprint density at radius 3 is 2.67 bits per heavy atom. The highest BCUT2D eigenvalue weighted by Crippen LogP contribution is 2.15. The number of benzene rings is 1. The molecule has 0 aliphatic rings. The van der Waals surface area contributed by atoms with E-state index in [4.69, 9.17) is 15.0 Å². The Hall–Kier alpha value is -1.89. The lowest BCUT2D eigenvalue weighted by atomic mass is 10.1. The number of anilines is 1. The molecule has 2 aromatic rings. The first-order valence-electron chi connectivity index (χ1n) is 6.21. The number of halogens is 1. The second kappa shape index (κ2) is 7.78. The summed E-state index contributed by atoms with van der Waals surface area (Å²) < 4.78 is 9.86. The Labute approximate surface area is 129 Å². The third kappa shape index (κ3) is 4.56. The largest absolute Gasteiger partial charge is 0.377 e. The average Bonchev–Trinajstić information content (AvgIpc) is 2.88. The lowest BCUT2D eigenvalue weighted by Gasteiger charge is -2.07. The number of aromatic nitrogens is 1. The van der Waals surface area contributed by atoms with E-state index in [9.17, 15) is 4.79 Å². The molecule has 2 rings (SSSR count). The third-order valence-electron chi connectivity index (χ3n) is 2.77. The zero-order valence-electron chi connectivity index (χ0n) is 11.8. The first-order valence-corrected chi connectivity index (χ1v) is 6.21. The Morgan fingerprint density at radius 1 is 1.43 bits per heavy atom. The first kappa shape index (κ1) is 17.2. The molecule has 0 aliphatic carbocycles. The van der Waals surface area contributed by atoms with Crippen molar-refractivity contribution >= 4 is 24.0 Å². The lowest BCUT2D eigenvalue weighted by molar-refractivity contribution is 0.101. The number of amides is 1. The molecule has 0 spiro atoms. The van der Waals surface area contributed by atoms with Crippen molar-refractivity contribution in [1.29, 1.82) is 0 Å². The summed E-state index contributed by atoms with van der Waals surface area (Å²) in [5.74, 6) is 0.176. The van der Waals surface area contributed by atoms with Crippen molar-refractivity contribution in [1.82, 2.24) is 5.16 Å². The molecular formula is C14H18ClN3O3. The van der Waals surface area contributed by atoms with Crippen LogP contribution >= 0.6 is 12.4 Å². The minimum absolute atomic E-state index is 0. The maximum absolute atomic E-state index is 12.0. The lowest BCUT2D eigenvalue weighted by Crippen LogP contribution is -2.12. The predicted octanol–water partition coefficient (Wildman–Crippen LogP) is 2.51. The SMILES string of the molecule is COCc1cc(C(=O)Nc2ccc(C(C)N)cc2)no1.Cl. The number of nitrogens with one attached hydrogen (secondary N) is 1. The van der Waals surface area contributed by atoms with Crippen LogP contribution in [0.15, 0.2) is 34.9 Å². The Bertz CT molecular complexity index is 581. The van der Waals surface area contributed by atoms with Crippen molar-refractivity contribution in [3.63, 3.8) is 0 Å². The van der Waals surface area contributed by atoms with Gasteiger partial charge in [0.05, 0.1) is 0 Å². The summed E-state index contributed by atoms with van der Waals surface area (Å²) in [6.07, 6.45) is 0. The molecule has 1 aromatic heterocycles. The number of ether oxygens (including phenoxy) is 1. The van der Waals surface area contributed by atoms with Gasteiger partial charge in [-0.2, -0.15) is 0 Å². The molecule has 1 amide bonds. The topological polar surface area (TPSA) is 90.4 Å². The Kier molecular flexibility index (Phi) is 6.36. The van der Waals surface area contributed by atoms with E-state index >= 15 is 0 Å². The van der Waals surface area contributed by atoms with Crippen molar-refractivity contribution in [2.75, 3.05) is 12.4 Å². The van der Waals surface area contributed by atoms with E-state index in [1.807, 2.05) is 19.1 Å². The number of methoxy groups -OCH3 is 1. The standard InChI is InChI=1S/C14H17N3O3.ClH/c1-9(15)10-3-5-11(6-4-10)16-14(18)13-7-12(8-19-2)20-17-13;/h3-7,9H,8,15H2,1-2H3,(H,16,18);1H. The molecule has 1 aromatic carbocycles. The van der Waals surface area contributed by atoms with E-state index in [0.29, 0.717) is 11.4 Å². The molecule has 0 bridgehead atoms. The molecule has 0 radical (unpaired) electrons. The van der Waals surface area contributed by atoms with Gasteiger partial charge in [0.2, 0.25) is 0 Å². The number of hydrogen-bond donors (Lipinski definition) is 2. The monoisotopic (exact) mass is 311 g/mol. The zero-order valence-corrected chi connectivity index (χ0v) is 12.6. The molecule has 6 nitrogen and oxygen atoms in total. The zero-order chi connectivity index (χ0) is 14.5. The summed E-state index contributed by atoms with van der Waals surface area (Å²) in [5.41, 5.74) is 7.66. The third-order valence-corrected chi connectivity index (χ3v) is 2.77. The van der Waals surface area contributed by atoms with E-state index in [0.717, 1.165) is 5.56 Å². The van der Waals surface area contributed by atoms with Gasteiger partial charge in [-0.3, -0.25) is 4.79 Å². The summed E-state index contributed by atoms with van der Waals surface area (Å²) in [6, 6.07) is 8.86. The van der Waals surface area contributed by atoms with Crippen molar-refractivity contribution in [3.8, 4) is 0 Å². The van der Waals surface area contributed by atoms with Gasteiger partial charge < -0.3 is 20.3 Å². The molecule has 0 saturated heterocycles. The van der Waals surface area contributed by atoms with Gasteiger partial charge in [0.1, 0.15) is 6.61 Å². The van der Waals surface area contributed by atoms with E-state index in [-0.39, 0.29) is 36.7 Å². The maximum Gasteiger partial charge on any atom is 0.277 e. The second-order valence-electron chi connectivity index (χ2n) is 4.48. The van der Waals surface area contributed by atoms with Crippen LogP contribution in [-0.4, -0.2) is 18.2 Å². The molecular weight excluding hydrogens is 294 g/mol. The Balaban J connectivity index is 0.00000220. The van der Waals surface area contributed by atoms with E-state index in [1.54, 1.807) is 25.3 Å². The van der Waals surface area contributed by atoms with Crippen LogP contribution < -0.4 is 11.1 Å². The van der Waals surface area contributed by atoms with Crippen molar-refractivity contribution in [2.45, 2.75) is 19.6 Å². The van der Waals surface area contributed by atoms with Crippen LogP contribution in [0.2, 0.25) is 0 Å². The van der Waals surface area contributed by atoms with Gasteiger partial charge in [-0.1, -0.05) is 17.3 Å². The van der Waals surface area contributed by atoms with Gasteiger partial charge in [-0.15, -0.1) is 12.4 Å². The first-order chi connectivity index (χ1) is 9.60. The number of hydrogen-bond acceptors (Lipinski definition) is 5. The van der Waals surface area contributed by atoms with Crippen molar-refractivity contribution in [3.05, 3.63) is 47.3 Å². The molecule has 0 fully saturated rings. The fourth-order valence-electron chi connectivity index (χ4n) is 1.70. The Morgan fingerprint density at radius 2 is 2.10 bits per heavy atom. The van der Waals surface area contributed by atoms with Gasteiger partial charge in [-0.05, 0) is 24.6 Å². The molecule has 1 heterocycles. The quantitative estimate of drug-likeness (QED) is 0.885. The summed E-state index contributed by atoms with van der Waals surface area (Å²) in [4.78, 5) is 12.0. The highest BCUT2D eigenvalue weighted by atomic mass is 35.5. The molecule has 0 aliphatic heterocycles. The molecule has 114 valence electrons. The van der Waals surface area contributed by atoms with E-state index < -0.39 is 0 Å². The number of carbonyl (C=O) groups is 1. The maximum atomic E-state index is 12.0. The smallest absolute Gasteiger partial charge is 0.277 e. The number of nitrogens with zero attached hydrogens (tertiary/aromatic N) is 1. The van der Waals surface area contributed by atoms with E-state index in [1.165, 1.54) is 0 Å². The molecule has 7 heteroatoms. The number of nitrogens with two attached hydrogens (primary N) is 1. The number of rotatable bonds is 5. The van der Waals surface area contributed by atoms with Crippen LogP contribution in [-0.2, 0) is 11.3 Å². The van der Waals surface area contributed by atoms with Crippen LogP contribution in [0.3, 0.4) is 0 Å². The number of carbonyl (C=O) groups excluding carboxylic acids is 1. The minimum atomic E-state index is -0.329. The molecule has 3 N–H and O–H groups in total. The van der Waals surface area contributed by atoms with Crippen LogP contribution in [0, 0.1) is 0 Å². The normalized spacial score (nSPS) is 11.6. The summed E-state index contributed by atoms with van der Waals surface area (Å²) in [5, 5.41) is 6.43. The van der Waals surface area contributed by atoms with Gasteiger partial charge in [0.25, 0.3) is 5.91 Å². The van der Waals surface area contributed by atoms with Gasteiger partial charge >= 0.3 is 0 Å². The molecule has 0 saturated carbocycles. The highest BCUT2D eigenvalue weighted by molar-refractivity contribution is 6.02. The highest BCUT2D eigenvalue weighted by Gasteiger charge is 2.12. The molecule has 1 unspecified atom stereocenters. The fraction of sp³-hybridized carbons (Fsp3) is 0.286. The van der Waals surface area contributed by atoms with Crippen LogP contribution in [0.5, 0.6) is 0 Å². The molecule has 21 heavy (non-hydrogen) atoms. The fourth-order valence-corrected chi connectivity index (χ4v) is 1.70. The average molecular weight is 312 g/mol. The van der Waals surface area contributed by atoms with Crippen molar-refractivity contribution in [2.24, 2.45) is 5.73 Å². The molecule has 1 atom stereocenters. The van der Waals surface area contributed by atoms with Gasteiger partial charge in [-0.25, -0.2) is 0 Å². The summed E-state index contributed by atoms with van der Waals surface area (Å²) in [7, 11) is 1.54. The summed E-state index contributed by atoms with van der Waals surface area (Å²) in [6.45, 7) is 2.18. The van der Waals surface area contributed by atoms with Crippen molar-refractivity contribution < 1.29 is 14.1 Å². The van der Waals surface area contributed by atoms with Crippen LogP contribution in [0.1, 0.15) is 34.8 Å². The van der Waals surface area contributed by atoms with Gasteiger partial charge in [0.15, 0.2) is 11.5 Å². The predicted molar refractivity (Wildman–Crippen MR) is 81.5 cm³/mol. The van der Waals surface area contributed by atoms with Crippen LogP contribution in [0.25, 0.3) is 0 Å². The second-order valence-corrected chi connectivity index (χ2v) is 4.48. The van der Waals surface area contributed by atoms with Gasteiger partial charge in [0, 0.05) is 24.9 Å². The summed E-state index contributed by atoms with van der Waals surface area (Å²) >= 11 is 0.